The van der Waals surface area contributed by atoms with Gasteiger partial charge in [-0.15, -0.1) is 0 Å². The van der Waals surface area contributed by atoms with Crippen molar-refractivity contribution in [3.05, 3.63) is 70.8 Å². The number of aliphatic hydroxyl groups is 1. The summed E-state index contributed by atoms with van der Waals surface area (Å²) in [5, 5.41) is 14.6. The highest BCUT2D eigenvalue weighted by Gasteiger charge is 2.62. The van der Waals surface area contributed by atoms with Crippen LogP contribution >= 0.6 is 11.6 Å². The van der Waals surface area contributed by atoms with Gasteiger partial charge < -0.3 is 14.8 Å². The number of benzene rings is 1. The minimum atomic E-state index is -4.50. The van der Waals surface area contributed by atoms with Gasteiger partial charge in [-0.1, -0.05) is 17.7 Å². The van der Waals surface area contributed by atoms with E-state index in [1.165, 1.54) is 12.1 Å². The van der Waals surface area contributed by atoms with Gasteiger partial charge in [-0.2, -0.15) is 13.2 Å². The molecule has 1 amide bonds. The second kappa shape index (κ2) is 6.46. The Kier molecular flexibility index (Phi) is 4.17. The van der Waals surface area contributed by atoms with Crippen LogP contribution < -0.4 is 5.32 Å². The molecule has 5 nitrogen and oxygen atoms in total. The molecule has 0 unspecified atom stereocenters. The average molecular weight is 436 g/mol. The van der Waals surface area contributed by atoms with Gasteiger partial charge in [-0.05, 0) is 48.9 Å². The van der Waals surface area contributed by atoms with E-state index in [-0.39, 0.29) is 23.4 Å². The van der Waals surface area contributed by atoms with Crippen LogP contribution in [0.15, 0.2) is 49.1 Å². The number of hydrogen-bond donors (Lipinski definition) is 2. The maximum Gasteiger partial charge on any atom is 0.416 e. The van der Waals surface area contributed by atoms with Crippen molar-refractivity contribution in [2.45, 2.75) is 30.7 Å². The van der Waals surface area contributed by atoms with Gasteiger partial charge in [-0.25, -0.2) is 4.98 Å². The smallest absolute Gasteiger partial charge is 0.385 e. The van der Waals surface area contributed by atoms with E-state index in [1.54, 1.807) is 29.2 Å². The average Bonchev–Trinajstić information content (AvgIpc) is 3.03. The quantitative estimate of drug-likeness (QED) is 0.652. The van der Waals surface area contributed by atoms with Crippen LogP contribution in [0.3, 0.4) is 0 Å². The molecule has 2 aliphatic rings. The first-order chi connectivity index (χ1) is 14.2. The van der Waals surface area contributed by atoms with Gasteiger partial charge in [0.1, 0.15) is 0 Å². The van der Waals surface area contributed by atoms with Crippen molar-refractivity contribution in [1.82, 2.24) is 14.7 Å². The van der Waals surface area contributed by atoms with Crippen molar-refractivity contribution < 1.29 is 23.1 Å². The first-order valence-electron chi connectivity index (χ1n) is 9.48. The first kappa shape index (κ1) is 19.4. The minimum Gasteiger partial charge on any atom is -0.385 e. The van der Waals surface area contributed by atoms with Gasteiger partial charge in [0.2, 0.25) is 0 Å². The molecular weight excluding hydrogens is 419 g/mol. The molecule has 0 bridgehead atoms. The Bertz CT molecular complexity index is 1150. The summed E-state index contributed by atoms with van der Waals surface area (Å²) >= 11 is 6.18. The fraction of sp³-hybridized carbons (Fsp3) is 0.333. The maximum absolute atomic E-state index is 12.9. The molecular formula is C21H17ClF3N3O2. The van der Waals surface area contributed by atoms with Crippen LogP contribution in [0.1, 0.15) is 34.3 Å². The van der Waals surface area contributed by atoms with Crippen molar-refractivity contribution in [1.29, 1.82) is 0 Å². The number of pyridine rings is 1. The molecule has 2 heterocycles. The molecule has 2 saturated carbocycles. The van der Waals surface area contributed by atoms with E-state index in [1.807, 2.05) is 0 Å². The molecule has 0 aliphatic heterocycles. The zero-order valence-corrected chi connectivity index (χ0v) is 16.3. The molecule has 2 fully saturated rings. The molecule has 0 radical (unpaired) electrons. The van der Waals surface area contributed by atoms with Crippen molar-refractivity contribution in [3.63, 3.8) is 0 Å². The fourth-order valence-corrected chi connectivity index (χ4v) is 4.96. The molecule has 0 saturated heterocycles. The zero-order valence-electron chi connectivity index (χ0n) is 15.5. The highest BCUT2D eigenvalue weighted by atomic mass is 35.5. The number of carbonyl (C=O) groups is 1. The Morgan fingerprint density at radius 2 is 2.00 bits per heavy atom. The molecule has 1 aromatic carbocycles. The molecule has 4 atom stereocenters. The molecule has 2 aliphatic carbocycles. The van der Waals surface area contributed by atoms with Crippen LogP contribution in [-0.4, -0.2) is 26.4 Å². The van der Waals surface area contributed by atoms with Crippen LogP contribution in [0.5, 0.6) is 0 Å². The van der Waals surface area contributed by atoms with E-state index in [4.69, 9.17) is 11.6 Å². The monoisotopic (exact) mass is 435 g/mol. The lowest BCUT2D eigenvalue weighted by Gasteiger charge is -2.27. The summed E-state index contributed by atoms with van der Waals surface area (Å²) in [6.45, 7) is 0. The molecule has 5 rings (SSSR count). The van der Waals surface area contributed by atoms with E-state index >= 15 is 0 Å². The Morgan fingerprint density at radius 3 is 2.70 bits per heavy atom. The summed E-state index contributed by atoms with van der Waals surface area (Å²) in [6, 6.07) is 5.95. The molecule has 156 valence electrons. The number of alkyl halides is 3. The number of fused-ring (bicyclic) bond motifs is 2. The summed E-state index contributed by atoms with van der Waals surface area (Å²) in [5.74, 6) is -0.414. The van der Waals surface area contributed by atoms with Gasteiger partial charge in [0.15, 0.2) is 0 Å². The van der Waals surface area contributed by atoms with E-state index < -0.39 is 23.2 Å². The summed E-state index contributed by atoms with van der Waals surface area (Å²) in [6.07, 6.45) is 1.37. The lowest BCUT2D eigenvalue weighted by atomic mass is 9.88. The third-order valence-electron chi connectivity index (χ3n) is 6.22. The standard InChI is InChI=1S/C21H17ClF3N3O2/c22-13-5-16(17-8-26-10-28(17)9-13)20(30)6-14-15(7-20)18(14)27-19(29)11-2-1-3-12(4-11)21(23,24)25/h1-5,8-10,14-15,18,30H,6-7H2,(H,27,29)/t14-,15+,18-,20+. The number of nitrogens with zero attached hydrogens (tertiary/aromatic N) is 2. The Morgan fingerprint density at radius 1 is 1.27 bits per heavy atom. The molecule has 2 N–H and O–H groups in total. The SMILES string of the molecule is O=C(N[C@@H]1[C@@H]2C[C@@](O)(c3cc(Cl)cn4cncc34)C[C@@H]21)c1cccc(C(F)(F)F)c1. The first-order valence-corrected chi connectivity index (χ1v) is 9.86. The van der Waals surface area contributed by atoms with Gasteiger partial charge in [0, 0.05) is 23.4 Å². The third kappa shape index (κ3) is 3.15. The van der Waals surface area contributed by atoms with Crippen LogP contribution in [0.4, 0.5) is 13.2 Å². The summed E-state index contributed by atoms with van der Waals surface area (Å²) in [4.78, 5) is 16.6. The van der Waals surface area contributed by atoms with E-state index in [9.17, 15) is 23.1 Å². The fourth-order valence-electron chi connectivity index (χ4n) is 4.74. The van der Waals surface area contributed by atoms with Gasteiger partial charge in [0.05, 0.1) is 34.2 Å². The molecule has 30 heavy (non-hydrogen) atoms. The summed E-state index contributed by atoms with van der Waals surface area (Å²) in [5.41, 5.74) is -0.499. The normalized spacial score (nSPS) is 27.8. The maximum atomic E-state index is 12.9. The second-order valence-electron chi connectivity index (χ2n) is 8.10. The number of aromatic nitrogens is 2. The number of hydrogen-bond acceptors (Lipinski definition) is 3. The van der Waals surface area contributed by atoms with Gasteiger partial charge >= 0.3 is 6.18 Å². The van der Waals surface area contributed by atoms with Crippen molar-refractivity contribution in [2.75, 3.05) is 0 Å². The molecule has 9 heteroatoms. The minimum absolute atomic E-state index is 0.0270. The van der Waals surface area contributed by atoms with Crippen LogP contribution in [0, 0.1) is 11.8 Å². The van der Waals surface area contributed by atoms with E-state index in [0.29, 0.717) is 23.4 Å². The molecule has 2 aromatic heterocycles. The number of amides is 1. The Hall–Kier alpha value is -2.58. The van der Waals surface area contributed by atoms with E-state index in [0.717, 1.165) is 17.6 Å². The van der Waals surface area contributed by atoms with Crippen molar-refractivity contribution in [2.24, 2.45) is 11.8 Å². The van der Waals surface area contributed by atoms with Crippen molar-refractivity contribution in [3.8, 4) is 0 Å². The summed E-state index contributed by atoms with van der Waals surface area (Å²) in [7, 11) is 0. The molecule has 3 aromatic rings. The lowest BCUT2D eigenvalue weighted by Crippen LogP contribution is -2.33. The molecule has 0 spiro atoms. The lowest BCUT2D eigenvalue weighted by molar-refractivity contribution is -0.137. The van der Waals surface area contributed by atoms with Crippen LogP contribution in [0.25, 0.3) is 5.52 Å². The predicted molar refractivity (Wildman–Crippen MR) is 103 cm³/mol. The number of halogens is 4. The number of rotatable bonds is 3. The Balaban J connectivity index is 1.30. The second-order valence-corrected chi connectivity index (χ2v) is 8.54. The third-order valence-corrected chi connectivity index (χ3v) is 6.42. The predicted octanol–water partition coefficient (Wildman–Crippen LogP) is 4.03. The number of carbonyl (C=O) groups excluding carboxylic acids is 1. The highest BCUT2D eigenvalue weighted by molar-refractivity contribution is 6.30. The van der Waals surface area contributed by atoms with Gasteiger partial charge in [0.25, 0.3) is 5.91 Å². The summed E-state index contributed by atoms with van der Waals surface area (Å²) < 4.78 is 40.4. The van der Waals surface area contributed by atoms with Crippen LogP contribution in [-0.2, 0) is 11.8 Å². The zero-order chi connectivity index (χ0) is 21.3. The van der Waals surface area contributed by atoms with Gasteiger partial charge in [-0.3, -0.25) is 4.79 Å². The Labute approximate surface area is 174 Å². The van der Waals surface area contributed by atoms with E-state index in [2.05, 4.69) is 10.3 Å². The topological polar surface area (TPSA) is 66.6 Å². The highest BCUT2D eigenvalue weighted by Crippen LogP contribution is 2.60. The largest absolute Gasteiger partial charge is 0.416 e. The number of imidazole rings is 1. The number of nitrogens with one attached hydrogen (secondary N) is 1. The van der Waals surface area contributed by atoms with Crippen LogP contribution in [0.2, 0.25) is 5.02 Å². The van der Waals surface area contributed by atoms with Crippen molar-refractivity contribution >= 4 is 23.0 Å².